The van der Waals surface area contributed by atoms with Gasteiger partial charge >= 0.3 is 6.18 Å². The summed E-state index contributed by atoms with van der Waals surface area (Å²) in [6, 6.07) is 6.67. The normalized spacial score (nSPS) is 18.4. The van der Waals surface area contributed by atoms with Crippen LogP contribution in [0, 0.1) is 0 Å². The van der Waals surface area contributed by atoms with Crippen molar-refractivity contribution in [3.63, 3.8) is 0 Å². The first-order valence-electron chi connectivity index (χ1n) is 5.14. The Kier molecular flexibility index (Phi) is 2.95. The van der Waals surface area contributed by atoms with E-state index >= 15 is 0 Å². The molecule has 1 amide bonds. The van der Waals surface area contributed by atoms with E-state index in [1.165, 1.54) is 0 Å². The molecule has 0 radical (unpaired) electrons. The van der Waals surface area contributed by atoms with Crippen LogP contribution in [0.5, 0.6) is 0 Å². The standard InChI is InChI=1S/C11H11F3N2O/c12-11(13,14)6-15-10(17)9-5-7-3-1-2-4-8(7)16-9/h1-4,9,16H,5-6H2,(H,15,17)/t9-/m1/s1. The Bertz CT molecular complexity index is 406. The number of hydrogen-bond donors (Lipinski definition) is 2. The number of anilines is 1. The van der Waals surface area contributed by atoms with E-state index in [0.717, 1.165) is 11.3 Å². The number of halogens is 3. The molecule has 2 N–H and O–H groups in total. The van der Waals surface area contributed by atoms with Crippen molar-refractivity contribution in [2.75, 3.05) is 11.9 Å². The number of carbonyl (C=O) groups is 1. The van der Waals surface area contributed by atoms with Gasteiger partial charge in [0.15, 0.2) is 0 Å². The van der Waals surface area contributed by atoms with E-state index < -0.39 is 24.7 Å². The SMILES string of the molecule is O=C(NCC(F)(F)F)[C@H]1Cc2ccccc2N1. The van der Waals surface area contributed by atoms with Crippen molar-refractivity contribution in [2.45, 2.75) is 18.6 Å². The molecule has 0 unspecified atom stereocenters. The Morgan fingerprint density at radius 2 is 2.12 bits per heavy atom. The Morgan fingerprint density at radius 3 is 2.76 bits per heavy atom. The minimum Gasteiger partial charge on any atom is -0.373 e. The molecule has 1 atom stereocenters. The van der Waals surface area contributed by atoms with Gasteiger partial charge in [0, 0.05) is 12.1 Å². The van der Waals surface area contributed by atoms with E-state index in [2.05, 4.69) is 5.32 Å². The van der Waals surface area contributed by atoms with E-state index in [0.29, 0.717) is 6.42 Å². The number of benzene rings is 1. The van der Waals surface area contributed by atoms with Crippen molar-refractivity contribution < 1.29 is 18.0 Å². The number of amides is 1. The third kappa shape index (κ3) is 2.89. The molecule has 2 rings (SSSR count). The molecule has 0 bridgehead atoms. The van der Waals surface area contributed by atoms with E-state index in [-0.39, 0.29) is 0 Å². The zero-order chi connectivity index (χ0) is 12.5. The smallest absolute Gasteiger partial charge is 0.373 e. The lowest BCUT2D eigenvalue weighted by Gasteiger charge is -2.13. The molecule has 0 fully saturated rings. The van der Waals surface area contributed by atoms with Crippen molar-refractivity contribution in [2.24, 2.45) is 0 Å². The monoisotopic (exact) mass is 244 g/mol. The van der Waals surface area contributed by atoms with Crippen molar-refractivity contribution >= 4 is 11.6 Å². The Morgan fingerprint density at radius 1 is 1.41 bits per heavy atom. The molecule has 1 heterocycles. The molecular formula is C11H11F3N2O. The molecule has 1 aromatic carbocycles. The lowest BCUT2D eigenvalue weighted by molar-refractivity contribution is -0.138. The van der Waals surface area contributed by atoms with Gasteiger partial charge < -0.3 is 10.6 Å². The van der Waals surface area contributed by atoms with Gasteiger partial charge in [0.1, 0.15) is 12.6 Å². The lowest BCUT2D eigenvalue weighted by atomic mass is 10.1. The van der Waals surface area contributed by atoms with E-state index in [4.69, 9.17) is 0 Å². The summed E-state index contributed by atoms with van der Waals surface area (Å²) in [6.07, 6.45) is -3.96. The van der Waals surface area contributed by atoms with Crippen LogP contribution in [0.2, 0.25) is 0 Å². The topological polar surface area (TPSA) is 41.1 Å². The zero-order valence-electron chi connectivity index (χ0n) is 8.84. The summed E-state index contributed by atoms with van der Waals surface area (Å²) in [5.74, 6) is -0.626. The van der Waals surface area contributed by atoms with Crippen molar-refractivity contribution in [1.82, 2.24) is 5.32 Å². The first-order valence-corrected chi connectivity index (χ1v) is 5.14. The molecule has 1 aromatic rings. The fourth-order valence-corrected chi connectivity index (χ4v) is 1.77. The summed E-state index contributed by atoms with van der Waals surface area (Å²) in [7, 11) is 0. The van der Waals surface area contributed by atoms with Crippen LogP contribution in [0.15, 0.2) is 24.3 Å². The molecule has 92 valence electrons. The van der Waals surface area contributed by atoms with Crippen molar-refractivity contribution in [1.29, 1.82) is 0 Å². The van der Waals surface area contributed by atoms with Gasteiger partial charge in [0.25, 0.3) is 0 Å². The summed E-state index contributed by atoms with van der Waals surface area (Å²) >= 11 is 0. The number of fused-ring (bicyclic) bond motifs is 1. The second-order valence-corrected chi connectivity index (χ2v) is 3.89. The highest BCUT2D eigenvalue weighted by Crippen LogP contribution is 2.25. The average molecular weight is 244 g/mol. The van der Waals surface area contributed by atoms with Crippen molar-refractivity contribution in [3.8, 4) is 0 Å². The number of carbonyl (C=O) groups excluding carboxylic acids is 1. The molecule has 3 nitrogen and oxygen atoms in total. The van der Waals surface area contributed by atoms with Crippen LogP contribution in [0.1, 0.15) is 5.56 Å². The van der Waals surface area contributed by atoms with Gasteiger partial charge in [0.05, 0.1) is 0 Å². The van der Waals surface area contributed by atoms with E-state index in [9.17, 15) is 18.0 Å². The number of para-hydroxylation sites is 1. The number of nitrogens with one attached hydrogen (secondary N) is 2. The van der Waals surface area contributed by atoms with Crippen LogP contribution in [0.3, 0.4) is 0 Å². The second-order valence-electron chi connectivity index (χ2n) is 3.89. The number of hydrogen-bond acceptors (Lipinski definition) is 2. The second kappa shape index (κ2) is 4.27. The summed E-state index contributed by atoms with van der Waals surface area (Å²) < 4.78 is 35.8. The zero-order valence-corrected chi connectivity index (χ0v) is 8.84. The van der Waals surface area contributed by atoms with Crippen LogP contribution in [-0.2, 0) is 11.2 Å². The molecule has 0 saturated carbocycles. The van der Waals surface area contributed by atoms with Crippen molar-refractivity contribution in [3.05, 3.63) is 29.8 Å². The Hall–Kier alpha value is -1.72. The number of alkyl halides is 3. The van der Waals surface area contributed by atoms with Gasteiger partial charge in [0.2, 0.25) is 5.91 Å². The largest absolute Gasteiger partial charge is 0.405 e. The Labute approximate surface area is 96.0 Å². The Balaban J connectivity index is 1.92. The van der Waals surface area contributed by atoms with Gasteiger partial charge in [-0.25, -0.2) is 0 Å². The molecule has 1 aliphatic heterocycles. The van der Waals surface area contributed by atoms with Crippen LogP contribution >= 0.6 is 0 Å². The highest BCUT2D eigenvalue weighted by molar-refractivity contribution is 5.87. The van der Waals surface area contributed by atoms with Gasteiger partial charge in [-0.3, -0.25) is 4.79 Å². The fraction of sp³-hybridized carbons (Fsp3) is 0.364. The van der Waals surface area contributed by atoms with Crippen LogP contribution in [0.4, 0.5) is 18.9 Å². The maximum atomic E-state index is 11.9. The summed E-state index contributed by atoms with van der Waals surface area (Å²) in [4.78, 5) is 11.5. The minimum atomic E-state index is -4.37. The first-order chi connectivity index (χ1) is 7.96. The molecule has 0 aliphatic carbocycles. The van der Waals surface area contributed by atoms with Crippen LogP contribution in [-0.4, -0.2) is 24.7 Å². The molecule has 0 spiro atoms. The highest BCUT2D eigenvalue weighted by atomic mass is 19.4. The predicted molar refractivity (Wildman–Crippen MR) is 56.6 cm³/mol. The molecule has 0 aromatic heterocycles. The lowest BCUT2D eigenvalue weighted by Crippen LogP contribution is -2.42. The van der Waals surface area contributed by atoms with Crippen LogP contribution < -0.4 is 10.6 Å². The van der Waals surface area contributed by atoms with E-state index in [1.54, 1.807) is 6.07 Å². The van der Waals surface area contributed by atoms with Gasteiger partial charge in [-0.2, -0.15) is 13.2 Å². The van der Waals surface area contributed by atoms with Gasteiger partial charge in [-0.15, -0.1) is 0 Å². The minimum absolute atomic E-state index is 0.417. The van der Waals surface area contributed by atoms with Gasteiger partial charge in [-0.05, 0) is 11.6 Å². The maximum Gasteiger partial charge on any atom is 0.405 e. The van der Waals surface area contributed by atoms with Gasteiger partial charge in [-0.1, -0.05) is 18.2 Å². The highest BCUT2D eigenvalue weighted by Gasteiger charge is 2.31. The van der Waals surface area contributed by atoms with Crippen LogP contribution in [0.25, 0.3) is 0 Å². The summed E-state index contributed by atoms with van der Waals surface area (Å²) in [6.45, 7) is -1.29. The first kappa shape index (κ1) is 11.8. The number of rotatable bonds is 2. The fourth-order valence-electron chi connectivity index (χ4n) is 1.77. The molecule has 17 heavy (non-hydrogen) atoms. The third-order valence-corrected chi connectivity index (χ3v) is 2.55. The summed E-state index contributed by atoms with van der Waals surface area (Å²) in [5, 5.41) is 4.76. The van der Waals surface area contributed by atoms with E-state index in [1.807, 2.05) is 23.5 Å². The maximum absolute atomic E-state index is 11.9. The third-order valence-electron chi connectivity index (χ3n) is 2.55. The molecule has 6 heteroatoms. The molecule has 0 saturated heterocycles. The average Bonchev–Trinajstić information content (AvgIpc) is 2.68. The molecular weight excluding hydrogens is 233 g/mol. The molecule has 1 aliphatic rings. The quantitative estimate of drug-likeness (QED) is 0.831. The summed E-state index contributed by atoms with van der Waals surface area (Å²) in [5.41, 5.74) is 1.75. The predicted octanol–water partition coefficient (Wildman–Crippen LogP) is 1.70.